The predicted molar refractivity (Wildman–Crippen MR) is 83.4 cm³/mol. The van der Waals surface area contributed by atoms with E-state index >= 15 is 0 Å². The molecular formula is C16H12FN3O3. The van der Waals surface area contributed by atoms with E-state index in [1.807, 2.05) is 0 Å². The molecule has 2 aromatic carbocycles. The summed E-state index contributed by atoms with van der Waals surface area (Å²) in [4.78, 5) is 28.4. The summed E-state index contributed by atoms with van der Waals surface area (Å²) in [5.41, 5.74) is 1.17. The van der Waals surface area contributed by atoms with Crippen molar-refractivity contribution in [3.63, 3.8) is 0 Å². The molecule has 3 rings (SSSR count). The lowest BCUT2D eigenvalue weighted by atomic mass is 9.98. The van der Waals surface area contributed by atoms with E-state index in [1.165, 1.54) is 29.2 Å². The first-order valence-electron chi connectivity index (χ1n) is 6.84. The van der Waals surface area contributed by atoms with E-state index in [4.69, 9.17) is 0 Å². The van der Waals surface area contributed by atoms with Crippen molar-refractivity contribution in [1.82, 2.24) is 0 Å². The highest BCUT2D eigenvalue weighted by molar-refractivity contribution is 6.21. The highest BCUT2D eigenvalue weighted by Gasteiger charge is 2.26. The molecular weight excluding hydrogens is 301 g/mol. The van der Waals surface area contributed by atoms with Crippen molar-refractivity contribution in [2.24, 2.45) is 4.99 Å². The van der Waals surface area contributed by atoms with Crippen LogP contribution in [0.25, 0.3) is 0 Å². The molecule has 116 valence electrons. The lowest BCUT2D eigenvalue weighted by Gasteiger charge is -2.17. The Balaban J connectivity index is 2.28. The highest BCUT2D eigenvalue weighted by Crippen LogP contribution is 2.30. The van der Waals surface area contributed by atoms with Crippen LogP contribution in [0.4, 0.5) is 15.8 Å². The molecule has 0 aromatic heterocycles. The van der Waals surface area contributed by atoms with Gasteiger partial charge in [0.2, 0.25) is 5.91 Å². The number of nitro benzene ring substituents is 1. The number of carbonyl (C=O) groups excluding carboxylic acids is 1. The number of nitrogens with zero attached hydrogens (tertiary/aromatic N) is 3. The monoisotopic (exact) mass is 313 g/mol. The van der Waals surface area contributed by atoms with E-state index in [1.54, 1.807) is 25.2 Å². The molecule has 0 spiro atoms. The molecule has 1 aliphatic heterocycles. The van der Waals surface area contributed by atoms with Gasteiger partial charge in [0.15, 0.2) is 0 Å². The zero-order chi connectivity index (χ0) is 16.6. The molecule has 0 unspecified atom stereocenters. The van der Waals surface area contributed by atoms with Crippen molar-refractivity contribution in [2.75, 3.05) is 18.5 Å². The Kier molecular flexibility index (Phi) is 3.61. The van der Waals surface area contributed by atoms with Crippen LogP contribution in [-0.2, 0) is 4.79 Å². The largest absolute Gasteiger partial charge is 0.313 e. The van der Waals surface area contributed by atoms with Crippen LogP contribution in [0.2, 0.25) is 0 Å². The summed E-state index contributed by atoms with van der Waals surface area (Å²) >= 11 is 0. The van der Waals surface area contributed by atoms with Gasteiger partial charge in [-0.1, -0.05) is 12.1 Å². The van der Waals surface area contributed by atoms with E-state index in [0.717, 1.165) is 0 Å². The molecule has 1 aliphatic rings. The number of nitro groups is 1. The minimum Gasteiger partial charge on any atom is -0.313 e. The topological polar surface area (TPSA) is 75.8 Å². The molecule has 7 heteroatoms. The number of likely N-dealkylation sites (N-methyl/N-ethyl adjacent to an activating group) is 1. The van der Waals surface area contributed by atoms with Gasteiger partial charge in [-0.2, -0.15) is 0 Å². The van der Waals surface area contributed by atoms with Crippen LogP contribution >= 0.6 is 0 Å². The Labute approximate surface area is 131 Å². The standard InChI is InChI=1S/C16H12FN3O3/c1-19-13-7-6-10(17)8-12(13)16(18-9-15(19)21)11-4-2-3-5-14(11)20(22)23/h2-8H,9H2,1H3. The number of aliphatic imine (C=N–C) groups is 1. The smallest absolute Gasteiger partial charge is 0.278 e. The van der Waals surface area contributed by atoms with Gasteiger partial charge in [0.05, 0.1) is 21.9 Å². The molecule has 0 saturated heterocycles. The fraction of sp³-hybridized carbons (Fsp3) is 0.125. The van der Waals surface area contributed by atoms with Crippen LogP contribution in [0.3, 0.4) is 0 Å². The van der Waals surface area contributed by atoms with Crippen molar-refractivity contribution in [3.05, 3.63) is 69.5 Å². The fourth-order valence-corrected chi connectivity index (χ4v) is 2.53. The second kappa shape index (κ2) is 5.60. The van der Waals surface area contributed by atoms with Crippen molar-refractivity contribution in [2.45, 2.75) is 0 Å². The normalized spacial score (nSPS) is 14.1. The second-order valence-electron chi connectivity index (χ2n) is 5.05. The molecule has 1 heterocycles. The molecule has 6 nitrogen and oxygen atoms in total. The molecule has 0 N–H and O–H groups in total. The Hall–Kier alpha value is -3.09. The lowest BCUT2D eigenvalue weighted by Crippen LogP contribution is -2.27. The lowest BCUT2D eigenvalue weighted by molar-refractivity contribution is -0.385. The number of carbonyl (C=O) groups is 1. The summed E-state index contributed by atoms with van der Waals surface area (Å²) in [6.07, 6.45) is 0. The molecule has 0 atom stereocenters. The summed E-state index contributed by atoms with van der Waals surface area (Å²) < 4.78 is 13.7. The first kappa shape index (κ1) is 14.8. The SMILES string of the molecule is CN1C(=O)CN=C(c2ccccc2[N+](=O)[O-])c2cc(F)ccc21. The number of amides is 1. The van der Waals surface area contributed by atoms with Gasteiger partial charge in [-0.25, -0.2) is 4.39 Å². The Bertz CT molecular complexity index is 848. The van der Waals surface area contributed by atoms with Gasteiger partial charge in [-0.3, -0.25) is 19.9 Å². The third-order valence-electron chi connectivity index (χ3n) is 3.68. The van der Waals surface area contributed by atoms with Gasteiger partial charge >= 0.3 is 0 Å². The number of fused-ring (bicyclic) bond motifs is 1. The average molecular weight is 313 g/mol. The van der Waals surface area contributed by atoms with Crippen LogP contribution < -0.4 is 4.90 Å². The predicted octanol–water partition coefficient (Wildman–Crippen LogP) is 2.55. The van der Waals surface area contributed by atoms with E-state index in [0.29, 0.717) is 11.3 Å². The quantitative estimate of drug-likeness (QED) is 0.631. The number of hydrogen-bond acceptors (Lipinski definition) is 4. The minimum atomic E-state index is -0.521. The van der Waals surface area contributed by atoms with Crippen molar-refractivity contribution < 1.29 is 14.1 Å². The summed E-state index contributed by atoms with van der Waals surface area (Å²) in [5.74, 6) is -0.774. The van der Waals surface area contributed by atoms with E-state index in [2.05, 4.69) is 4.99 Å². The van der Waals surface area contributed by atoms with Crippen molar-refractivity contribution in [3.8, 4) is 0 Å². The average Bonchev–Trinajstić information content (AvgIpc) is 2.65. The van der Waals surface area contributed by atoms with Gasteiger partial charge < -0.3 is 4.90 Å². The third kappa shape index (κ3) is 2.57. The van der Waals surface area contributed by atoms with E-state index in [-0.39, 0.29) is 29.4 Å². The molecule has 2 aromatic rings. The van der Waals surface area contributed by atoms with Crippen LogP contribution in [0, 0.1) is 15.9 Å². The summed E-state index contributed by atoms with van der Waals surface area (Å²) in [7, 11) is 1.57. The van der Waals surface area contributed by atoms with Gasteiger partial charge in [0.25, 0.3) is 5.69 Å². The molecule has 0 aliphatic carbocycles. The number of para-hydroxylation sites is 1. The van der Waals surface area contributed by atoms with E-state index in [9.17, 15) is 19.3 Å². The van der Waals surface area contributed by atoms with Gasteiger partial charge in [0.1, 0.15) is 12.4 Å². The number of benzodiazepines with no additional fused rings is 1. The minimum absolute atomic E-state index is 0.140. The molecule has 23 heavy (non-hydrogen) atoms. The number of halogens is 1. The van der Waals surface area contributed by atoms with Crippen LogP contribution in [0.15, 0.2) is 47.5 Å². The van der Waals surface area contributed by atoms with Crippen molar-refractivity contribution in [1.29, 1.82) is 0 Å². The molecule has 0 radical (unpaired) electrons. The molecule has 1 amide bonds. The number of rotatable bonds is 2. The van der Waals surface area contributed by atoms with E-state index < -0.39 is 10.7 Å². The summed E-state index contributed by atoms with van der Waals surface area (Å²) in [5, 5.41) is 11.3. The number of benzene rings is 2. The van der Waals surface area contributed by atoms with Crippen molar-refractivity contribution >= 4 is 23.0 Å². The highest BCUT2D eigenvalue weighted by atomic mass is 19.1. The Morgan fingerprint density at radius 1 is 1.22 bits per heavy atom. The van der Waals surface area contributed by atoms with Crippen LogP contribution in [-0.4, -0.2) is 30.1 Å². The number of anilines is 1. The van der Waals surface area contributed by atoms with Crippen LogP contribution in [0.1, 0.15) is 11.1 Å². The molecule has 0 saturated carbocycles. The summed E-state index contributed by atoms with van der Waals surface area (Å²) in [6.45, 7) is -0.159. The number of hydrogen-bond donors (Lipinski definition) is 0. The fourth-order valence-electron chi connectivity index (χ4n) is 2.53. The van der Waals surface area contributed by atoms with Crippen LogP contribution in [0.5, 0.6) is 0 Å². The van der Waals surface area contributed by atoms with Gasteiger partial charge in [-0.15, -0.1) is 0 Å². The Morgan fingerprint density at radius 3 is 2.70 bits per heavy atom. The second-order valence-corrected chi connectivity index (χ2v) is 5.05. The maximum Gasteiger partial charge on any atom is 0.278 e. The first-order chi connectivity index (χ1) is 11.0. The zero-order valence-electron chi connectivity index (χ0n) is 12.2. The zero-order valence-corrected chi connectivity index (χ0v) is 12.2. The maximum absolute atomic E-state index is 13.7. The molecule has 0 bridgehead atoms. The first-order valence-corrected chi connectivity index (χ1v) is 6.84. The Morgan fingerprint density at radius 2 is 1.96 bits per heavy atom. The van der Waals surface area contributed by atoms with Gasteiger partial charge in [0, 0.05) is 18.7 Å². The maximum atomic E-state index is 13.7. The molecule has 0 fully saturated rings. The van der Waals surface area contributed by atoms with Gasteiger partial charge in [-0.05, 0) is 24.3 Å². The summed E-state index contributed by atoms with van der Waals surface area (Å²) in [6, 6.07) is 10.0. The third-order valence-corrected chi connectivity index (χ3v) is 3.68.